The predicted octanol–water partition coefficient (Wildman–Crippen LogP) is 1.58. The Kier molecular flexibility index (Phi) is 3.70. The summed E-state index contributed by atoms with van der Waals surface area (Å²) < 4.78 is 13.6. The molecule has 1 atom stereocenters. The monoisotopic (exact) mass is 352 g/mol. The Labute approximate surface area is 150 Å². The summed E-state index contributed by atoms with van der Waals surface area (Å²) in [6.45, 7) is 3.21. The number of hydrogen-bond donors (Lipinski definition) is 0. The second-order valence-corrected chi connectivity index (χ2v) is 6.89. The minimum Gasteiger partial charge on any atom is -0.478 e. The van der Waals surface area contributed by atoms with Crippen molar-refractivity contribution in [1.29, 1.82) is 0 Å². The van der Waals surface area contributed by atoms with Crippen molar-refractivity contribution >= 4 is 11.5 Å². The van der Waals surface area contributed by atoms with Crippen LogP contribution in [0.3, 0.4) is 0 Å². The van der Waals surface area contributed by atoms with Gasteiger partial charge in [-0.1, -0.05) is 6.07 Å². The minimum absolute atomic E-state index is 0.0721. The zero-order valence-electron chi connectivity index (χ0n) is 14.4. The van der Waals surface area contributed by atoms with E-state index in [0.717, 1.165) is 44.0 Å². The molecule has 0 saturated carbocycles. The van der Waals surface area contributed by atoms with E-state index >= 15 is 0 Å². The van der Waals surface area contributed by atoms with Crippen LogP contribution < -0.4 is 9.64 Å². The fourth-order valence-corrected chi connectivity index (χ4v) is 3.93. The van der Waals surface area contributed by atoms with Gasteiger partial charge in [0.1, 0.15) is 17.7 Å². The van der Waals surface area contributed by atoms with Crippen LogP contribution in [0, 0.1) is 5.92 Å². The molecule has 3 aromatic rings. The van der Waals surface area contributed by atoms with Crippen LogP contribution in [0.5, 0.6) is 5.88 Å². The molecule has 1 spiro atoms. The fraction of sp³-hybridized carbons (Fsp3) is 0.444. The smallest absolute Gasteiger partial charge is 0.213 e. The molecule has 0 bridgehead atoms. The van der Waals surface area contributed by atoms with Crippen LogP contribution >= 0.6 is 0 Å². The van der Waals surface area contributed by atoms with Crippen molar-refractivity contribution in [3.63, 3.8) is 0 Å². The SMILES string of the molecule is c1ccc(OCC[C@@H]2CCOC23CN(c2ccc4nncn4n2)C3)nc1. The van der Waals surface area contributed by atoms with E-state index in [1.54, 1.807) is 17.0 Å². The second kappa shape index (κ2) is 6.21. The lowest BCUT2D eigenvalue weighted by molar-refractivity contribution is -0.0479. The lowest BCUT2D eigenvalue weighted by Gasteiger charge is -2.50. The van der Waals surface area contributed by atoms with Gasteiger partial charge in [-0.2, -0.15) is 4.52 Å². The molecule has 3 aromatic heterocycles. The highest BCUT2D eigenvalue weighted by atomic mass is 16.5. The summed E-state index contributed by atoms with van der Waals surface area (Å²) in [5.41, 5.74) is 0.683. The summed E-state index contributed by atoms with van der Waals surface area (Å²) in [5.74, 6) is 2.12. The third-order valence-corrected chi connectivity index (χ3v) is 5.34. The van der Waals surface area contributed by atoms with E-state index in [4.69, 9.17) is 9.47 Å². The molecule has 0 unspecified atom stereocenters. The summed E-state index contributed by atoms with van der Waals surface area (Å²) in [5, 5.41) is 12.4. The molecule has 8 heteroatoms. The molecule has 2 aliphatic rings. The normalized spacial score (nSPS) is 21.2. The van der Waals surface area contributed by atoms with Gasteiger partial charge >= 0.3 is 0 Å². The van der Waals surface area contributed by atoms with Gasteiger partial charge in [0.25, 0.3) is 0 Å². The molecule has 2 saturated heterocycles. The van der Waals surface area contributed by atoms with E-state index in [-0.39, 0.29) is 5.60 Å². The predicted molar refractivity (Wildman–Crippen MR) is 94.1 cm³/mol. The Hall–Kier alpha value is -2.74. The molecule has 5 heterocycles. The van der Waals surface area contributed by atoms with E-state index in [1.807, 2.05) is 30.3 Å². The first-order valence-corrected chi connectivity index (χ1v) is 8.92. The number of ether oxygens (including phenoxy) is 2. The van der Waals surface area contributed by atoms with Gasteiger partial charge in [0.05, 0.1) is 19.7 Å². The Morgan fingerprint density at radius 1 is 1.23 bits per heavy atom. The zero-order valence-corrected chi connectivity index (χ0v) is 14.4. The van der Waals surface area contributed by atoms with Crippen LogP contribution in [-0.4, -0.2) is 56.7 Å². The number of fused-ring (bicyclic) bond motifs is 1. The summed E-state index contributed by atoms with van der Waals surface area (Å²) in [6.07, 6.45) is 5.43. The topological polar surface area (TPSA) is 77.7 Å². The van der Waals surface area contributed by atoms with Crippen LogP contribution in [-0.2, 0) is 4.74 Å². The Morgan fingerprint density at radius 3 is 3.08 bits per heavy atom. The highest BCUT2D eigenvalue weighted by molar-refractivity contribution is 5.48. The van der Waals surface area contributed by atoms with Gasteiger partial charge in [0.15, 0.2) is 5.65 Å². The van der Waals surface area contributed by atoms with Crippen molar-refractivity contribution in [2.45, 2.75) is 18.4 Å². The maximum atomic E-state index is 6.14. The summed E-state index contributed by atoms with van der Waals surface area (Å²) >= 11 is 0. The van der Waals surface area contributed by atoms with Gasteiger partial charge in [-0.25, -0.2) is 4.98 Å². The molecule has 2 aliphatic heterocycles. The first-order chi connectivity index (χ1) is 12.8. The van der Waals surface area contributed by atoms with Crippen LogP contribution in [0.1, 0.15) is 12.8 Å². The molecule has 134 valence electrons. The Balaban J connectivity index is 1.21. The van der Waals surface area contributed by atoms with Crippen molar-refractivity contribution in [1.82, 2.24) is 24.8 Å². The molecule has 0 N–H and O–H groups in total. The summed E-state index contributed by atoms with van der Waals surface area (Å²) in [6, 6.07) is 9.64. The number of pyridine rings is 1. The first kappa shape index (κ1) is 15.5. The largest absolute Gasteiger partial charge is 0.478 e. The molecular weight excluding hydrogens is 332 g/mol. The molecule has 0 aromatic carbocycles. The lowest BCUT2D eigenvalue weighted by Crippen LogP contribution is -2.65. The van der Waals surface area contributed by atoms with Gasteiger partial charge in [0.2, 0.25) is 5.88 Å². The molecule has 26 heavy (non-hydrogen) atoms. The van der Waals surface area contributed by atoms with Gasteiger partial charge in [-0.3, -0.25) is 0 Å². The third-order valence-electron chi connectivity index (χ3n) is 5.34. The summed E-state index contributed by atoms with van der Waals surface area (Å²) in [7, 11) is 0. The van der Waals surface area contributed by atoms with E-state index in [1.165, 1.54) is 0 Å². The van der Waals surface area contributed by atoms with Crippen LogP contribution in [0.4, 0.5) is 5.82 Å². The third kappa shape index (κ3) is 2.66. The van der Waals surface area contributed by atoms with Crippen molar-refractivity contribution in [2.24, 2.45) is 5.92 Å². The van der Waals surface area contributed by atoms with E-state index in [9.17, 15) is 0 Å². The van der Waals surface area contributed by atoms with Gasteiger partial charge in [-0.15, -0.1) is 15.3 Å². The van der Waals surface area contributed by atoms with Crippen LogP contribution in [0.25, 0.3) is 5.65 Å². The van der Waals surface area contributed by atoms with E-state index < -0.39 is 0 Å². The molecule has 2 fully saturated rings. The molecule has 5 rings (SSSR count). The van der Waals surface area contributed by atoms with Crippen LogP contribution in [0.15, 0.2) is 42.9 Å². The van der Waals surface area contributed by atoms with E-state index in [2.05, 4.69) is 25.2 Å². The second-order valence-electron chi connectivity index (χ2n) is 6.89. The minimum atomic E-state index is -0.0721. The molecule has 8 nitrogen and oxygen atoms in total. The highest BCUT2D eigenvalue weighted by Gasteiger charge is 2.53. The number of hydrogen-bond acceptors (Lipinski definition) is 7. The quantitative estimate of drug-likeness (QED) is 0.690. The number of anilines is 1. The van der Waals surface area contributed by atoms with Gasteiger partial charge < -0.3 is 14.4 Å². The fourth-order valence-electron chi connectivity index (χ4n) is 3.93. The molecule has 0 aliphatic carbocycles. The van der Waals surface area contributed by atoms with Crippen molar-refractivity contribution in [3.8, 4) is 5.88 Å². The maximum absolute atomic E-state index is 6.14. The number of rotatable bonds is 5. The van der Waals surface area contributed by atoms with Crippen molar-refractivity contribution in [3.05, 3.63) is 42.9 Å². The average molecular weight is 352 g/mol. The first-order valence-electron chi connectivity index (χ1n) is 8.92. The summed E-state index contributed by atoms with van der Waals surface area (Å²) in [4.78, 5) is 6.45. The van der Waals surface area contributed by atoms with Crippen molar-refractivity contribution in [2.75, 3.05) is 31.2 Å². The Morgan fingerprint density at radius 2 is 2.19 bits per heavy atom. The molecular formula is C18H20N6O2. The number of nitrogens with zero attached hydrogens (tertiary/aromatic N) is 6. The Bertz CT molecular complexity index is 893. The maximum Gasteiger partial charge on any atom is 0.213 e. The standard InChI is InChI=1S/C18H20N6O2/c1-2-8-19-17(3-1)25-9-6-14-7-10-26-18(14)11-23(12-18)16-5-4-15-21-20-13-24(15)22-16/h1-5,8,13-14H,6-7,9-12H2/t14-/m1/s1. The van der Waals surface area contributed by atoms with Gasteiger partial charge in [-0.05, 0) is 37.0 Å². The molecule has 0 amide bonds. The van der Waals surface area contributed by atoms with Crippen molar-refractivity contribution < 1.29 is 9.47 Å². The molecule has 0 radical (unpaired) electrons. The lowest BCUT2D eigenvalue weighted by atomic mass is 9.79. The number of aromatic nitrogens is 5. The highest BCUT2D eigenvalue weighted by Crippen LogP contribution is 2.42. The average Bonchev–Trinajstić information content (AvgIpc) is 3.27. The van der Waals surface area contributed by atoms with E-state index in [0.29, 0.717) is 18.4 Å². The van der Waals surface area contributed by atoms with Gasteiger partial charge in [0, 0.05) is 18.9 Å². The zero-order chi connectivity index (χ0) is 17.4. The van der Waals surface area contributed by atoms with Crippen LogP contribution in [0.2, 0.25) is 0 Å².